The topological polar surface area (TPSA) is 15.3 Å². The molecule has 112 valence electrons. The third kappa shape index (κ3) is 4.60. The molecule has 0 bridgehead atoms. The highest BCUT2D eigenvalue weighted by Gasteiger charge is 2.28. The van der Waals surface area contributed by atoms with Crippen LogP contribution in [0.15, 0.2) is 30.3 Å². The smallest absolute Gasteiger partial charge is 0.0105 e. The zero-order valence-electron chi connectivity index (χ0n) is 13.3. The average Bonchev–Trinajstić information content (AvgIpc) is 2.46. The molecule has 3 unspecified atom stereocenters. The molecule has 1 aliphatic carbocycles. The molecule has 0 aromatic heterocycles. The number of nitrogens with one attached hydrogen (secondary N) is 1. The molecule has 20 heavy (non-hydrogen) atoms. The van der Waals surface area contributed by atoms with Crippen molar-refractivity contribution in [2.24, 2.45) is 11.8 Å². The molecule has 1 N–H and O–H groups in total. The molecule has 0 saturated heterocycles. The maximum absolute atomic E-state index is 3.53. The summed E-state index contributed by atoms with van der Waals surface area (Å²) in [4.78, 5) is 2.51. The fourth-order valence-electron chi connectivity index (χ4n) is 3.54. The lowest BCUT2D eigenvalue weighted by molar-refractivity contribution is 0.166. The molecule has 0 aliphatic heterocycles. The molecule has 1 aliphatic rings. The van der Waals surface area contributed by atoms with Crippen molar-refractivity contribution in [1.29, 1.82) is 0 Å². The lowest BCUT2D eigenvalue weighted by Crippen LogP contribution is -2.43. The van der Waals surface area contributed by atoms with Crippen LogP contribution in [-0.4, -0.2) is 38.1 Å². The van der Waals surface area contributed by atoms with E-state index < -0.39 is 0 Å². The predicted octanol–water partition coefficient (Wildman–Crippen LogP) is 3.19. The second kappa shape index (κ2) is 7.80. The van der Waals surface area contributed by atoms with E-state index in [-0.39, 0.29) is 0 Å². The molecule has 1 fully saturated rings. The van der Waals surface area contributed by atoms with E-state index in [0.29, 0.717) is 6.04 Å². The van der Waals surface area contributed by atoms with Gasteiger partial charge in [-0.05, 0) is 57.2 Å². The van der Waals surface area contributed by atoms with Gasteiger partial charge in [-0.3, -0.25) is 0 Å². The van der Waals surface area contributed by atoms with Crippen molar-refractivity contribution in [1.82, 2.24) is 10.2 Å². The summed E-state index contributed by atoms with van der Waals surface area (Å²) in [5.41, 5.74) is 1.45. The van der Waals surface area contributed by atoms with Crippen LogP contribution in [-0.2, 0) is 6.42 Å². The van der Waals surface area contributed by atoms with Gasteiger partial charge >= 0.3 is 0 Å². The number of benzene rings is 1. The van der Waals surface area contributed by atoms with E-state index in [0.717, 1.165) is 24.8 Å². The molecule has 2 heteroatoms. The van der Waals surface area contributed by atoms with Crippen molar-refractivity contribution in [3.05, 3.63) is 35.9 Å². The number of hydrogen-bond acceptors (Lipinski definition) is 2. The Hall–Kier alpha value is -0.860. The maximum Gasteiger partial charge on any atom is 0.0105 e. The first-order chi connectivity index (χ1) is 9.69. The second-order valence-corrected chi connectivity index (χ2v) is 6.57. The summed E-state index contributed by atoms with van der Waals surface area (Å²) in [6.07, 6.45) is 5.26. The molecule has 0 spiro atoms. The molecule has 0 radical (unpaired) electrons. The van der Waals surface area contributed by atoms with Crippen LogP contribution in [0.1, 0.15) is 31.7 Å². The number of likely N-dealkylation sites (N-methyl/N-ethyl adjacent to an activating group) is 1. The normalized spacial score (nSPS) is 26.9. The van der Waals surface area contributed by atoms with Crippen molar-refractivity contribution in [2.45, 2.75) is 38.6 Å². The van der Waals surface area contributed by atoms with Gasteiger partial charge in [0.2, 0.25) is 0 Å². The van der Waals surface area contributed by atoms with Crippen LogP contribution in [0.5, 0.6) is 0 Å². The molecule has 3 atom stereocenters. The molecule has 1 aromatic carbocycles. The summed E-state index contributed by atoms with van der Waals surface area (Å²) in [7, 11) is 4.40. The van der Waals surface area contributed by atoms with Gasteiger partial charge in [0.1, 0.15) is 0 Å². The van der Waals surface area contributed by atoms with Crippen LogP contribution in [0.2, 0.25) is 0 Å². The average molecular weight is 274 g/mol. The van der Waals surface area contributed by atoms with Gasteiger partial charge < -0.3 is 10.2 Å². The Morgan fingerprint density at radius 2 is 1.95 bits per heavy atom. The fourth-order valence-corrected chi connectivity index (χ4v) is 3.54. The highest BCUT2D eigenvalue weighted by Crippen LogP contribution is 2.29. The Balaban J connectivity index is 1.79. The lowest BCUT2D eigenvalue weighted by atomic mass is 9.78. The van der Waals surface area contributed by atoms with Crippen molar-refractivity contribution in [2.75, 3.05) is 27.2 Å². The Bertz CT molecular complexity index is 376. The molecule has 2 nitrogen and oxygen atoms in total. The lowest BCUT2D eigenvalue weighted by Gasteiger charge is -2.37. The third-order valence-electron chi connectivity index (χ3n) is 4.79. The van der Waals surface area contributed by atoms with Crippen LogP contribution < -0.4 is 5.32 Å². The first-order valence-corrected chi connectivity index (χ1v) is 8.08. The first-order valence-electron chi connectivity index (χ1n) is 8.08. The van der Waals surface area contributed by atoms with E-state index in [1.807, 2.05) is 0 Å². The van der Waals surface area contributed by atoms with Crippen LogP contribution in [0, 0.1) is 11.8 Å². The van der Waals surface area contributed by atoms with Crippen LogP contribution in [0.3, 0.4) is 0 Å². The molecule has 0 heterocycles. The van der Waals surface area contributed by atoms with Gasteiger partial charge in [-0.25, -0.2) is 0 Å². The molecule has 1 aromatic rings. The maximum atomic E-state index is 3.53. The number of hydrogen-bond donors (Lipinski definition) is 1. The Labute approximate surface area is 124 Å². The number of nitrogens with zero attached hydrogens (tertiary/aromatic N) is 1. The SMILES string of the molecule is CNC1CCC(C)CC1CN(C)CCc1ccccc1. The van der Waals surface area contributed by atoms with E-state index in [1.54, 1.807) is 0 Å². The van der Waals surface area contributed by atoms with Crippen molar-refractivity contribution in [3.63, 3.8) is 0 Å². The van der Waals surface area contributed by atoms with E-state index in [1.165, 1.54) is 31.4 Å². The summed E-state index contributed by atoms with van der Waals surface area (Å²) in [5.74, 6) is 1.71. The van der Waals surface area contributed by atoms with Crippen LogP contribution >= 0.6 is 0 Å². The van der Waals surface area contributed by atoms with E-state index in [2.05, 4.69) is 61.6 Å². The number of rotatable bonds is 6. The summed E-state index contributed by atoms with van der Waals surface area (Å²) >= 11 is 0. The van der Waals surface area contributed by atoms with Crippen LogP contribution in [0.4, 0.5) is 0 Å². The zero-order chi connectivity index (χ0) is 14.4. The van der Waals surface area contributed by atoms with Gasteiger partial charge in [0.05, 0.1) is 0 Å². The summed E-state index contributed by atoms with van der Waals surface area (Å²) < 4.78 is 0. The molecule has 1 saturated carbocycles. The van der Waals surface area contributed by atoms with Gasteiger partial charge in [-0.15, -0.1) is 0 Å². The van der Waals surface area contributed by atoms with Gasteiger partial charge in [0, 0.05) is 19.1 Å². The summed E-state index contributed by atoms with van der Waals surface area (Å²) in [6, 6.07) is 11.5. The molecular weight excluding hydrogens is 244 g/mol. The van der Waals surface area contributed by atoms with Crippen molar-refractivity contribution >= 4 is 0 Å². The van der Waals surface area contributed by atoms with Gasteiger partial charge in [0.15, 0.2) is 0 Å². The molecule has 2 rings (SSSR count). The van der Waals surface area contributed by atoms with Crippen molar-refractivity contribution < 1.29 is 0 Å². The molecular formula is C18H30N2. The fraction of sp³-hybridized carbons (Fsp3) is 0.667. The standard InChI is InChI=1S/C18H30N2/c1-15-9-10-18(19-2)17(13-15)14-20(3)12-11-16-7-5-4-6-8-16/h4-8,15,17-19H,9-14H2,1-3H3. The second-order valence-electron chi connectivity index (χ2n) is 6.57. The highest BCUT2D eigenvalue weighted by molar-refractivity contribution is 5.14. The predicted molar refractivity (Wildman–Crippen MR) is 87.0 cm³/mol. The quantitative estimate of drug-likeness (QED) is 0.857. The monoisotopic (exact) mass is 274 g/mol. The molecule has 0 amide bonds. The van der Waals surface area contributed by atoms with Gasteiger partial charge in [-0.1, -0.05) is 37.3 Å². The third-order valence-corrected chi connectivity index (χ3v) is 4.79. The Morgan fingerprint density at radius 1 is 1.20 bits per heavy atom. The highest BCUT2D eigenvalue weighted by atomic mass is 15.1. The van der Waals surface area contributed by atoms with Gasteiger partial charge in [0.25, 0.3) is 0 Å². The Kier molecular flexibility index (Phi) is 6.06. The van der Waals surface area contributed by atoms with Gasteiger partial charge in [-0.2, -0.15) is 0 Å². The first kappa shape index (κ1) is 15.5. The summed E-state index contributed by atoms with van der Waals surface area (Å²) in [6.45, 7) is 4.79. The minimum Gasteiger partial charge on any atom is -0.317 e. The van der Waals surface area contributed by atoms with Crippen LogP contribution in [0.25, 0.3) is 0 Å². The van der Waals surface area contributed by atoms with E-state index in [4.69, 9.17) is 0 Å². The zero-order valence-corrected chi connectivity index (χ0v) is 13.3. The summed E-state index contributed by atoms with van der Waals surface area (Å²) in [5, 5.41) is 3.53. The van der Waals surface area contributed by atoms with Crippen molar-refractivity contribution in [3.8, 4) is 0 Å². The Morgan fingerprint density at radius 3 is 2.65 bits per heavy atom. The minimum absolute atomic E-state index is 0.713. The minimum atomic E-state index is 0.713. The van der Waals surface area contributed by atoms with E-state index in [9.17, 15) is 0 Å². The largest absolute Gasteiger partial charge is 0.317 e. The van der Waals surface area contributed by atoms with E-state index >= 15 is 0 Å².